The Morgan fingerprint density at radius 2 is 2.04 bits per heavy atom. The Morgan fingerprint density at radius 1 is 1.24 bits per heavy atom. The van der Waals surface area contributed by atoms with E-state index in [0.29, 0.717) is 18.8 Å². The van der Waals surface area contributed by atoms with E-state index in [0.717, 1.165) is 23.0 Å². The van der Waals surface area contributed by atoms with Crippen LogP contribution in [0.15, 0.2) is 12.1 Å². The molecule has 0 atom stereocenters. The van der Waals surface area contributed by atoms with Crippen molar-refractivity contribution in [2.75, 3.05) is 13.9 Å². The lowest BCUT2D eigenvalue weighted by molar-refractivity contribution is -0.116. The van der Waals surface area contributed by atoms with Crippen molar-refractivity contribution in [3.05, 3.63) is 33.0 Å². The van der Waals surface area contributed by atoms with Crippen LogP contribution < -0.4 is 0 Å². The maximum atomic E-state index is 6.26. The minimum atomic E-state index is -0.112. The third kappa shape index (κ3) is 2.74. The van der Waals surface area contributed by atoms with E-state index in [1.807, 2.05) is 6.07 Å². The minimum absolute atomic E-state index is 0.112. The third-order valence-corrected chi connectivity index (χ3v) is 7.06. The molecule has 0 radical (unpaired) electrons. The second kappa shape index (κ2) is 6.05. The summed E-state index contributed by atoms with van der Waals surface area (Å²) >= 11 is 7.92. The Morgan fingerprint density at radius 3 is 2.64 bits per heavy atom. The maximum Gasteiger partial charge on any atom is 0.146 e. The Kier molecular flexibility index (Phi) is 3.93. The fourth-order valence-corrected chi connectivity index (χ4v) is 5.26. The van der Waals surface area contributed by atoms with Crippen LogP contribution in [0.1, 0.15) is 67.0 Å². The molecular formula is C18H22ClN3O2S. The van der Waals surface area contributed by atoms with E-state index in [-0.39, 0.29) is 11.5 Å². The van der Waals surface area contributed by atoms with Crippen molar-refractivity contribution in [2.45, 2.75) is 62.0 Å². The van der Waals surface area contributed by atoms with Crippen LogP contribution >= 0.6 is 22.9 Å². The van der Waals surface area contributed by atoms with Gasteiger partial charge in [0.1, 0.15) is 18.4 Å². The van der Waals surface area contributed by atoms with Gasteiger partial charge in [-0.3, -0.25) is 0 Å². The molecule has 3 aliphatic carbocycles. The topological polar surface area (TPSA) is 49.2 Å². The van der Waals surface area contributed by atoms with Gasteiger partial charge in [-0.1, -0.05) is 11.6 Å². The fraction of sp³-hybridized carbons (Fsp3) is 0.667. The minimum Gasteiger partial charge on any atom is -0.359 e. The highest BCUT2D eigenvalue weighted by Crippen LogP contribution is 2.55. The molecule has 3 saturated carbocycles. The normalized spacial score (nSPS) is 29.0. The molecule has 0 bridgehead atoms. The van der Waals surface area contributed by atoms with Crippen LogP contribution in [0, 0.1) is 0 Å². The zero-order valence-electron chi connectivity index (χ0n) is 14.3. The molecule has 7 heteroatoms. The predicted molar refractivity (Wildman–Crippen MR) is 96.4 cm³/mol. The zero-order chi connectivity index (χ0) is 17.0. The lowest BCUT2D eigenvalue weighted by atomic mass is 9.65. The number of nitrogens with zero attached hydrogens (tertiary/aromatic N) is 3. The molecule has 0 N–H and O–H groups in total. The summed E-state index contributed by atoms with van der Waals surface area (Å²) in [6.07, 6.45) is 7.04. The number of thiophene rings is 1. The van der Waals surface area contributed by atoms with Gasteiger partial charge in [0.15, 0.2) is 0 Å². The smallest absolute Gasteiger partial charge is 0.146 e. The predicted octanol–water partition coefficient (Wildman–Crippen LogP) is 4.27. The number of hydrogen-bond donors (Lipinski definition) is 0. The van der Waals surface area contributed by atoms with Crippen molar-refractivity contribution in [3.63, 3.8) is 0 Å². The van der Waals surface area contributed by atoms with Crippen molar-refractivity contribution in [1.82, 2.24) is 14.8 Å². The van der Waals surface area contributed by atoms with Gasteiger partial charge in [0, 0.05) is 23.9 Å². The standard InChI is InChI=1S/C18H22ClN3O2S/c1-23-10-24-13-8-18(9-13,14-6-7-15(19)25-14)17-21-20-16(11-2-3-11)22(17)12-4-5-12/h6-7,11-13H,2-5,8-10H2,1H3. The number of halogens is 1. The van der Waals surface area contributed by atoms with E-state index < -0.39 is 0 Å². The number of aromatic nitrogens is 3. The third-order valence-electron chi connectivity index (χ3n) is 5.62. The van der Waals surface area contributed by atoms with E-state index in [2.05, 4.69) is 15.7 Å². The quantitative estimate of drug-likeness (QED) is 0.674. The van der Waals surface area contributed by atoms with Crippen LogP contribution in [0.4, 0.5) is 0 Å². The molecule has 3 aliphatic rings. The molecule has 0 aliphatic heterocycles. The first kappa shape index (κ1) is 16.2. The van der Waals surface area contributed by atoms with Crippen molar-refractivity contribution < 1.29 is 9.47 Å². The average molecular weight is 380 g/mol. The number of rotatable bonds is 7. The molecule has 0 saturated heterocycles. The Bertz CT molecular complexity index is 775. The molecule has 2 aromatic rings. The summed E-state index contributed by atoms with van der Waals surface area (Å²) in [6.45, 7) is 0.342. The van der Waals surface area contributed by atoms with Gasteiger partial charge in [0.25, 0.3) is 0 Å². The molecule has 5 nitrogen and oxygen atoms in total. The summed E-state index contributed by atoms with van der Waals surface area (Å²) in [6, 6.07) is 4.74. The van der Waals surface area contributed by atoms with Crippen molar-refractivity contribution in [2.24, 2.45) is 0 Å². The average Bonchev–Trinajstić information content (AvgIpc) is 3.50. The molecule has 2 heterocycles. The summed E-state index contributed by atoms with van der Waals surface area (Å²) in [4.78, 5) is 1.28. The molecule has 0 amide bonds. The van der Waals surface area contributed by atoms with Crippen LogP contribution in [0.25, 0.3) is 0 Å². The van der Waals surface area contributed by atoms with Gasteiger partial charge in [-0.25, -0.2) is 0 Å². The zero-order valence-corrected chi connectivity index (χ0v) is 15.9. The molecule has 0 aromatic carbocycles. The van der Waals surface area contributed by atoms with Crippen LogP contribution in [0.5, 0.6) is 0 Å². The lowest BCUT2D eigenvalue weighted by Gasteiger charge is -2.46. The second-order valence-corrected chi connectivity index (χ2v) is 9.26. The van der Waals surface area contributed by atoms with Gasteiger partial charge in [-0.15, -0.1) is 21.5 Å². The van der Waals surface area contributed by atoms with Gasteiger partial charge in [0.2, 0.25) is 0 Å². The first-order valence-electron chi connectivity index (χ1n) is 9.03. The SMILES string of the molecule is COCOC1CC(c2ccc(Cl)s2)(c2nnc(C3CC3)n2C2CC2)C1. The summed E-state index contributed by atoms with van der Waals surface area (Å²) in [5.41, 5.74) is -0.112. The Labute approximate surface area is 156 Å². The first-order valence-corrected chi connectivity index (χ1v) is 10.2. The molecule has 0 unspecified atom stereocenters. The second-order valence-electron chi connectivity index (χ2n) is 7.55. The van der Waals surface area contributed by atoms with E-state index in [4.69, 9.17) is 26.2 Å². The lowest BCUT2D eigenvalue weighted by Crippen LogP contribution is -2.48. The van der Waals surface area contributed by atoms with Crippen LogP contribution in [0.3, 0.4) is 0 Å². The molecule has 3 fully saturated rings. The molecule has 134 valence electrons. The van der Waals surface area contributed by atoms with E-state index in [1.54, 1.807) is 18.4 Å². The van der Waals surface area contributed by atoms with Gasteiger partial charge >= 0.3 is 0 Å². The summed E-state index contributed by atoms with van der Waals surface area (Å²) in [5.74, 6) is 2.96. The largest absolute Gasteiger partial charge is 0.359 e. The van der Waals surface area contributed by atoms with E-state index in [9.17, 15) is 0 Å². The van der Waals surface area contributed by atoms with Crippen molar-refractivity contribution in [1.29, 1.82) is 0 Å². The Balaban J connectivity index is 1.53. The summed E-state index contributed by atoms with van der Waals surface area (Å²) in [5, 5.41) is 9.35. The molecule has 2 aromatic heterocycles. The number of methoxy groups -OCH3 is 1. The van der Waals surface area contributed by atoms with Crippen molar-refractivity contribution in [3.8, 4) is 0 Å². The summed E-state index contributed by atoms with van der Waals surface area (Å²) < 4.78 is 14.2. The van der Waals surface area contributed by atoms with Crippen LogP contribution in [-0.2, 0) is 14.9 Å². The molecular weight excluding hydrogens is 358 g/mol. The van der Waals surface area contributed by atoms with E-state index >= 15 is 0 Å². The van der Waals surface area contributed by atoms with Gasteiger partial charge in [-0.2, -0.15) is 0 Å². The summed E-state index contributed by atoms with van der Waals surface area (Å²) in [7, 11) is 1.66. The highest BCUT2D eigenvalue weighted by molar-refractivity contribution is 7.16. The van der Waals surface area contributed by atoms with Crippen molar-refractivity contribution >= 4 is 22.9 Å². The molecule has 25 heavy (non-hydrogen) atoms. The number of ether oxygens (including phenoxy) is 2. The van der Waals surface area contributed by atoms with Crippen LogP contribution in [0.2, 0.25) is 4.34 Å². The first-order chi connectivity index (χ1) is 12.2. The van der Waals surface area contributed by atoms with E-state index in [1.165, 1.54) is 36.4 Å². The monoisotopic (exact) mass is 379 g/mol. The molecule has 5 rings (SSSR count). The maximum absolute atomic E-state index is 6.26. The molecule has 0 spiro atoms. The van der Waals surface area contributed by atoms with Crippen LogP contribution in [-0.4, -0.2) is 34.8 Å². The fourth-order valence-electron chi connectivity index (χ4n) is 4.01. The Hall–Kier alpha value is -0.950. The highest BCUT2D eigenvalue weighted by Gasteiger charge is 2.53. The van der Waals surface area contributed by atoms with Gasteiger partial charge in [0.05, 0.1) is 15.9 Å². The van der Waals surface area contributed by atoms with Gasteiger partial charge < -0.3 is 14.0 Å². The number of hydrogen-bond acceptors (Lipinski definition) is 5. The van der Waals surface area contributed by atoms with Gasteiger partial charge in [-0.05, 0) is 50.7 Å². The highest BCUT2D eigenvalue weighted by atomic mass is 35.5.